The minimum atomic E-state index is 0.661. The van der Waals surface area contributed by atoms with Gasteiger partial charge >= 0.3 is 0 Å². The van der Waals surface area contributed by atoms with Crippen LogP contribution in [0.4, 0.5) is 0 Å². The highest BCUT2D eigenvalue weighted by atomic mass is 28.2. The van der Waals surface area contributed by atoms with Crippen LogP contribution in [0.1, 0.15) is 5.56 Å². The molecule has 0 aromatic heterocycles. The minimum absolute atomic E-state index is 0.661. The molecule has 0 heterocycles. The van der Waals surface area contributed by atoms with E-state index in [0.29, 0.717) is 9.52 Å². The van der Waals surface area contributed by atoms with Crippen molar-refractivity contribution in [3.63, 3.8) is 0 Å². The highest BCUT2D eigenvalue weighted by Gasteiger charge is 2.00. The highest BCUT2D eigenvalue weighted by Crippen LogP contribution is 2.09. The van der Waals surface area contributed by atoms with Crippen LogP contribution in [0, 0.1) is 0 Å². The minimum Gasteiger partial charge on any atom is -0.0993 e. The molecule has 0 amide bonds. The zero-order chi connectivity index (χ0) is 10.5. The lowest BCUT2D eigenvalue weighted by atomic mass is 10.2. The van der Waals surface area contributed by atoms with Crippen molar-refractivity contribution >= 4 is 19.9 Å². The van der Waals surface area contributed by atoms with Gasteiger partial charge in [-0.1, -0.05) is 77.6 Å². The number of hydrogen-bond acceptors (Lipinski definition) is 0. The molecular weight excluding hydrogens is 196 g/mol. The topological polar surface area (TPSA) is 0 Å². The summed E-state index contributed by atoms with van der Waals surface area (Å²) in [6, 6.07) is 20.8. The van der Waals surface area contributed by atoms with Crippen molar-refractivity contribution in [3.8, 4) is 0 Å². The molecule has 1 heteroatoms. The van der Waals surface area contributed by atoms with Crippen molar-refractivity contribution in [2.24, 2.45) is 0 Å². The Morgan fingerprint density at radius 1 is 0.800 bits per heavy atom. The van der Waals surface area contributed by atoms with Gasteiger partial charge in [0.15, 0.2) is 0 Å². The van der Waals surface area contributed by atoms with Gasteiger partial charge in [0.25, 0.3) is 0 Å². The summed E-state index contributed by atoms with van der Waals surface area (Å²) in [6.07, 6.45) is 0. The van der Waals surface area contributed by atoms with Crippen LogP contribution in [0.2, 0.25) is 0 Å². The SMILES string of the molecule is C=C([Si]c1ccccc1)c1ccccc1. The third-order valence-electron chi connectivity index (χ3n) is 2.19. The number of rotatable bonds is 3. The Morgan fingerprint density at radius 3 is 1.93 bits per heavy atom. The fraction of sp³-hybridized carbons (Fsp3) is 0. The fourth-order valence-electron chi connectivity index (χ4n) is 1.41. The van der Waals surface area contributed by atoms with Gasteiger partial charge in [0.2, 0.25) is 0 Å². The molecule has 0 saturated heterocycles. The van der Waals surface area contributed by atoms with Crippen LogP contribution >= 0.6 is 0 Å². The fourth-order valence-corrected chi connectivity index (χ4v) is 2.43. The van der Waals surface area contributed by atoms with Gasteiger partial charge in [-0.25, -0.2) is 0 Å². The molecule has 0 bridgehead atoms. The van der Waals surface area contributed by atoms with Crippen molar-refractivity contribution in [2.45, 2.75) is 0 Å². The van der Waals surface area contributed by atoms with E-state index < -0.39 is 0 Å². The second-order valence-corrected chi connectivity index (χ2v) is 4.77. The summed E-state index contributed by atoms with van der Waals surface area (Å²) >= 11 is 0. The van der Waals surface area contributed by atoms with E-state index in [9.17, 15) is 0 Å². The number of benzene rings is 2. The summed E-state index contributed by atoms with van der Waals surface area (Å²) in [5.74, 6) is 0. The molecule has 0 aliphatic rings. The zero-order valence-electron chi connectivity index (χ0n) is 8.48. The maximum absolute atomic E-state index is 4.13. The molecule has 72 valence electrons. The van der Waals surface area contributed by atoms with Gasteiger partial charge in [0.1, 0.15) is 9.52 Å². The molecule has 0 N–H and O–H groups in total. The quantitative estimate of drug-likeness (QED) is 0.680. The van der Waals surface area contributed by atoms with E-state index in [1.54, 1.807) is 0 Å². The molecule has 0 aliphatic heterocycles. The lowest BCUT2D eigenvalue weighted by Crippen LogP contribution is -2.14. The van der Waals surface area contributed by atoms with E-state index in [0.717, 1.165) is 0 Å². The molecule has 0 fully saturated rings. The maximum Gasteiger partial charge on any atom is 0.121 e. The Labute approximate surface area is 93.1 Å². The Kier molecular flexibility index (Phi) is 3.15. The van der Waals surface area contributed by atoms with Crippen molar-refractivity contribution < 1.29 is 0 Å². The molecule has 0 saturated carbocycles. The first-order valence-electron chi connectivity index (χ1n) is 4.92. The summed E-state index contributed by atoms with van der Waals surface area (Å²) in [4.78, 5) is 0. The Hall–Kier alpha value is -1.60. The predicted molar refractivity (Wildman–Crippen MR) is 67.3 cm³/mol. The molecule has 0 nitrogen and oxygen atoms in total. The van der Waals surface area contributed by atoms with Crippen molar-refractivity contribution in [3.05, 3.63) is 72.8 Å². The van der Waals surface area contributed by atoms with Crippen LogP contribution in [-0.2, 0) is 0 Å². The Bertz CT molecular complexity index is 431. The number of hydrogen-bond donors (Lipinski definition) is 0. The normalized spacial score (nSPS) is 9.87. The van der Waals surface area contributed by atoms with E-state index in [2.05, 4.69) is 55.1 Å². The summed E-state index contributed by atoms with van der Waals surface area (Å²) in [6.45, 7) is 4.13. The molecule has 0 atom stereocenters. The van der Waals surface area contributed by atoms with E-state index in [-0.39, 0.29) is 0 Å². The van der Waals surface area contributed by atoms with Crippen molar-refractivity contribution in [1.82, 2.24) is 0 Å². The smallest absolute Gasteiger partial charge is 0.0993 e. The largest absolute Gasteiger partial charge is 0.121 e. The van der Waals surface area contributed by atoms with Crippen LogP contribution < -0.4 is 5.19 Å². The van der Waals surface area contributed by atoms with Gasteiger partial charge in [-0.15, -0.1) is 0 Å². The Balaban J connectivity index is 2.12. The summed E-state index contributed by atoms with van der Waals surface area (Å²) < 4.78 is 0. The van der Waals surface area contributed by atoms with Gasteiger partial charge in [-0.2, -0.15) is 0 Å². The summed E-state index contributed by atoms with van der Waals surface area (Å²) in [7, 11) is 0.661. The van der Waals surface area contributed by atoms with Gasteiger partial charge in [-0.05, 0) is 5.56 Å². The summed E-state index contributed by atoms with van der Waals surface area (Å²) in [5.41, 5.74) is 1.24. The zero-order valence-corrected chi connectivity index (χ0v) is 9.48. The molecule has 0 spiro atoms. The third-order valence-corrected chi connectivity index (χ3v) is 3.40. The maximum atomic E-state index is 4.13. The lowest BCUT2D eigenvalue weighted by molar-refractivity contribution is 1.65. The van der Waals surface area contributed by atoms with Crippen LogP contribution in [0.5, 0.6) is 0 Å². The second kappa shape index (κ2) is 4.76. The van der Waals surface area contributed by atoms with Gasteiger partial charge in [0, 0.05) is 0 Å². The van der Waals surface area contributed by atoms with Gasteiger partial charge in [-0.3, -0.25) is 0 Å². The van der Waals surface area contributed by atoms with E-state index in [4.69, 9.17) is 0 Å². The molecule has 2 aromatic rings. The third kappa shape index (κ3) is 2.67. The molecule has 2 rings (SSSR count). The van der Waals surface area contributed by atoms with Crippen LogP contribution in [0.3, 0.4) is 0 Å². The standard InChI is InChI=1S/C14H12Si/c1-12(13-8-4-2-5-9-13)15-14-10-6-3-7-11-14/h2-11H,1H2. The predicted octanol–water partition coefficient (Wildman–Crippen LogP) is 2.69. The van der Waals surface area contributed by atoms with E-state index in [1.807, 2.05) is 12.1 Å². The molecular formula is C14H12Si. The lowest BCUT2D eigenvalue weighted by Gasteiger charge is -2.04. The Morgan fingerprint density at radius 2 is 1.33 bits per heavy atom. The summed E-state index contributed by atoms with van der Waals surface area (Å²) in [5, 5.41) is 2.54. The first kappa shape index (κ1) is 9.93. The molecule has 15 heavy (non-hydrogen) atoms. The van der Waals surface area contributed by atoms with Crippen molar-refractivity contribution in [1.29, 1.82) is 0 Å². The van der Waals surface area contributed by atoms with Crippen LogP contribution in [-0.4, -0.2) is 9.52 Å². The second-order valence-electron chi connectivity index (χ2n) is 3.34. The first-order chi connectivity index (χ1) is 7.36. The van der Waals surface area contributed by atoms with Crippen LogP contribution in [0.25, 0.3) is 5.20 Å². The molecule has 2 radical (unpaired) electrons. The van der Waals surface area contributed by atoms with Crippen molar-refractivity contribution in [2.75, 3.05) is 0 Å². The molecule has 0 unspecified atom stereocenters. The molecule has 0 aliphatic carbocycles. The molecule has 2 aromatic carbocycles. The van der Waals surface area contributed by atoms with E-state index in [1.165, 1.54) is 15.9 Å². The first-order valence-corrected chi connectivity index (χ1v) is 5.92. The average molecular weight is 208 g/mol. The monoisotopic (exact) mass is 208 g/mol. The highest BCUT2D eigenvalue weighted by molar-refractivity contribution is 6.72. The van der Waals surface area contributed by atoms with Gasteiger partial charge in [0.05, 0.1) is 0 Å². The van der Waals surface area contributed by atoms with Crippen LogP contribution in [0.15, 0.2) is 67.2 Å². The average Bonchev–Trinajstić information content (AvgIpc) is 2.31. The van der Waals surface area contributed by atoms with Gasteiger partial charge < -0.3 is 0 Å². The van der Waals surface area contributed by atoms with E-state index >= 15 is 0 Å².